The van der Waals surface area contributed by atoms with Crippen molar-refractivity contribution in [2.75, 3.05) is 18.5 Å². The third-order valence-electron chi connectivity index (χ3n) is 3.91. The molecular formula is C18H21N3O2. The molecule has 2 heterocycles. The Morgan fingerprint density at radius 2 is 2.09 bits per heavy atom. The van der Waals surface area contributed by atoms with Crippen LogP contribution in [0.5, 0.6) is 0 Å². The molecule has 5 nitrogen and oxygen atoms in total. The summed E-state index contributed by atoms with van der Waals surface area (Å²) in [6, 6.07) is 9.74. The third kappa shape index (κ3) is 4.79. The van der Waals surface area contributed by atoms with E-state index >= 15 is 0 Å². The van der Waals surface area contributed by atoms with Crippen molar-refractivity contribution in [1.82, 2.24) is 9.78 Å². The zero-order valence-corrected chi connectivity index (χ0v) is 13.0. The van der Waals surface area contributed by atoms with Gasteiger partial charge in [0.2, 0.25) is 5.91 Å². The van der Waals surface area contributed by atoms with E-state index in [2.05, 4.69) is 10.4 Å². The predicted molar refractivity (Wildman–Crippen MR) is 89.9 cm³/mol. The molecule has 1 saturated heterocycles. The van der Waals surface area contributed by atoms with Crippen LogP contribution in [0, 0.1) is 5.92 Å². The lowest BCUT2D eigenvalue weighted by atomic mass is 10.0. The standard InChI is InChI=1S/C18H21N3O2/c22-18(7-6-15-4-2-1-3-5-15)20-17-12-19-21(14-17)13-16-8-10-23-11-9-16/h1-7,12,14,16H,8-11,13H2,(H,20,22). The number of benzene rings is 1. The number of rotatable bonds is 5. The minimum atomic E-state index is -0.153. The van der Waals surface area contributed by atoms with Crippen LogP contribution in [0.4, 0.5) is 5.69 Å². The van der Waals surface area contributed by atoms with Crippen molar-refractivity contribution in [3.8, 4) is 0 Å². The summed E-state index contributed by atoms with van der Waals surface area (Å²) in [6.45, 7) is 2.54. The Kier molecular flexibility index (Phi) is 5.21. The molecule has 0 unspecified atom stereocenters. The molecule has 0 radical (unpaired) electrons. The highest BCUT2D eigenvalue weighted by Crippen LogP contribution is 2.17. The monoisotopic (exact) mass is 311 g/mol. The number of nitrogens with one attached hydrogen (secondary N) is 1. The molecule has 0 bridgehead atoms. The minimum absolute atomic E-state index is 0.153. The Bertz CT molecular complexity index is 658. The largest absolute Gasteiger partial charge is 0.381 e. The molecule has 0 saturated carbocycles. The van der Waals surface area contributed by atoms with E-state index in [9.17, 15) is 4.79 Å². The highest BCUT2D eigenvalue weighted by Gasteiger charge is 2.14. The zero-order chi connectivity index (χ0) is 15.9. The van der Waals surface area contributed by atoms with Gasteiger partial charge < -0.3 is 10.1 Å². The molecule has 0 atom stereocenters. The number of nitrogens with zero attached hydrogens (tertiary/aromatic N) is 2. The molecule has 23 heavy (non-hydrogen) atoms. The molecule has 3 rings (SSSR count). The maximum Gasteiger partial charge on any atom is 0.248 e. The van der Waals surface area contributed by atoms with Crippen LogP contribution < -0.4 is 5.32 Å². The summed E-state index contributed by atoms with van der Waals surface area (Å²) in [5.74, 6) is 0.449. The maximum absolute atomic E-state index is 11.9. The SMILES string of the molecule is O=C(C=Cc1ccccc1)Nc1cnn(CC2CCOCC2)c1. The number of aromatic nitrogens is 2. The summed E-state index contributed by atoms with van der Waals surface area (Å²) in [5.41, 5.74) is 1.72. The first-order chi connectivity index (χ1) is 11.3. The number of amides is 1. The Morgan fingerprint density at radius 3 is 2.87 bits per heavy atom. The van der Waals surface area contributed by atoms with Gasteiger partial charge in [-0.1, -0.05) is 30.3 Å². The van der Waals surface area contributed by atoms with Crippen LogP contribution >= 0.6 is 0 Å². The van der Waals surface area contributed by atoms with E-state index in [0.29, 0.717) is 5.92 Å². The lowest BCUT2D eigenvalue weighted by Crippen LogP contribution is -2.20. The fraction of sp³-hybridized carbons (Fsp3) is 0.333. The first-order valence-corrected chi connectivity index (χ1v) is 7.94. The van der Waals surface area contributed by atoms with Crippen LogP contribution in [0.2, 0.25) is 0 Å². The predicted octanol–water partition coefficient (Wildman–Crippen LogP) is 2.96. The average Bonchev–Trinajstić information content (AvgIpc) is 3.02. The van der Waals surface area contributed by atoms with E-state index in [0.717, 1.165) is 43.9 Å². The van der Waals surface area contributed by atoms with Crippen molar-refractivity contribution in [3.63, 3.8) is 0 Å². The van der Waals surface area contributed by atoms with Gasteiger partial charge in [0.05, 0.1) is 11.9 Å². The Labute approximate surface area is 136 Å². The van der Waals surface area contributed by atoms with Crippen LogP contribution in [0.1, 0.15) is 18.4 Å². The third-order valence-corrected chi connectivity index (χ3v) is 3.91. The first kappa shape index (κ1) is 15.5. The normalized spacial score (nSPS) is 15.8. The second-order valence-corrected chi connectivity index (χ2v) is 5.74. The minimum Gasteiger partial charge on any atom is -0.381 e. The molecule has 1 aliphatic heterocycles. The summed E-state index contributed by atoms with van der Waals surface area (Å²) < 4.78 is 7.26. The average molecular weight is 311 g/mol. The molecule has 1 N–H and O–H groups in total. The van der Waals surface area contributed by atoms with E-state index in [-0.39, 0.29) is 5.91 Å². The van der Waals surface area contributed by atoms with Crippen molar-refractivity contribution in [1.29, 1.82) is 0 Å². The quantitative estimate of drug-likeness (QED) is 0.864. The molecule has 1 fully saturated rings. The van der Waals surface area contributed by atoms with Gasteiger partial charge in [0.25, 0.3) is 0 Å². The Hall–Kier alpha value is -2.40. The van der Waals surface area contributed by atoms with Gasteiger partial charge in [0, 0.05) is 32.0 Å². The fourth-order valence-electron chi connectivity index (χ4n) is 2.64. The summed E-state index contributed by atoms with van der Waals surface area (Å²) >= 11 is 0. The van der Waals surface area contributed by atoms with E-state index in [1.165, 1.54) is 6.08 Å². The molecule has 5 heteroatoms. The van der Waals surface area contributed by atoms with Crippen LogP contribution in [-0.4, -0.2) is 28.9 Å². The van der Waals surface area contributed by atoms with Crippen molar-refractivity contribution >= 4 is 17.7 Å². The van der Waals surface area contributed by atoms with Crippen molar-refractivity contribution < 1.29 is 9.53 Å². The van der Waals surface area contributed by atoms with E-state index < -0.39 is 0 Å². The molecule has 0 aliphatic carbocycles. The van der Waals surface area contributed by atoms with Gasteiger partial charge in [-0.2, -0.15) is 5.10 Å². The van der Waals surface area contributed by atoms with Crippen molar-refractivity contribution in [3.05, 3.63) is 54.4 Å². The highest BCUT2D eigenvalue weighted by atomic mass is 16.5. The van der Waals surface area contributed by atoms with Gasteiger partial charge in [-0.05, 0) is 30.4 Å². The van der Waals surface area contributed by atoms with Gasteiger partial charge >= 0.3 is 0 Å². The first-order valence-electron chi connectivity index (χ1n) is 7.94. The topological polar surface area (TPSA) is 56.2 Å². The lowest BCUT2D eigenvalue weighted by molar-refractivity contribution is -0.111. The lowest BCUT2D eigenvalue weighted by Gasteiger charge is -2.21. The second-order valence-electron chi connectivity index (χ2n) is 5.74. The second kappa shape index (κ2) is 7.74. The molecular weight excluding hydrogens is 290 g/mol. The van der Waals surface area contributed by atoms with E-state index in [1.807, 2.05) is 41.2 Å². The van der Waals surface area contributed by atoms with Crippen LogP contribution in [0.3, 0.4) is 0 Å². The van der Waals surface area contributed by atoms with Crippen LogP contribution in [0.15, 0.2) is 48.8 Å². The molecule has 1 amide bonds. The maximum atomic E-state index is 11.9. The van der Waals surface area contributed by atoms with E-state index in [1.54, 1.807) is 12.3 Å². The number of hydrogen-bond donors (Lipinski definition) is 1. The Balaban J connectivity index is 1.52. The number of hydrogen-bond acceptors (Lipinski definition) is 3. The molecule has 1 aromatic carbocycles. The molecule has 1 aromatic heterocycles. The summed E-state index contributed by atoms with van der Waals surface area (Å²) in [4.78, 5) is 11.9. The molecule has 2 aromatic rings. The fourth-order valence-corrected chi connectivity index (χ4v) is 2.64. The van der Waals surface area contributed by atoms with Gasteiger partial charge in [-0.3, -0.25) is 9.48 Å². The molecule has 120 valence electrons. The van der Waals surface area contributed by atoms with Gasteiger partial charge in [0.15, 0.2) is 0 Å². The molecule has 1 aliphatic rings. The number of carbonyl (C=O) groups excluding carboxylic acids is 1. The van der Waals surface area contributed by atoms with Crippen molar-refractivity contribution in [2.45, 2.75) is 19.4 Å². The summed E-state index contributed by atoms with van der Waals surface area (Å²) in [5, 5.41) is 7.15. The zero-order valence-electron chi connectivity index (χ0n) is 13.0. The van der Waals surface area contributed by atoms with Gasteiger partial charge in [0.1, 0.15) is 0 Å². The summed E-state index contributed by atoms with van der Waals surface area (Å²) in [6.07, 6.45) is 9.03. The number of ether oxygens (including phenoxy) is 1. The molecule has 0 spiro atoms. The van der Waals surface area contributed by atoms with Gasteiger partial charge in [-0.15, -0.1) is 0 Å². The number of carbonyl (C=O) groups is 1. The smallest absolute Gasteiger partial charge is 0.248 e. The Morgan fingerprint density at radius 1 is 1.30 bits per heavy atom. The highest BCUT2D eigenvalue weighted by molar-refractivity contribution is 6.01. The van der Waals surface area contributed by atoms with Crippen molar-refractivity contribution in [2.24, 2.45) is 5.92 Å². The van der Waals surface area contributed by atoms with Crippen LogP contribution in [-0.2, 0) is 16.1 Å². The van der Waals surface area contributed by atoms with E-state index in [4.69, 9.17) is 4.74 Å². The van der Waals surface area contributed by atoms with Gasteiger partial charge in [-0.25, -0.2) is 0 Å². The number of anilines is 1. The van der Waals surface area contributed by atoms with Crippen LogP contribution in [0.25, 0.3) is 6.08 Å². The summed E-state index contributed by atoms with van der Waals surface area (Å²) in [7, 11) is 0.